The van der Waals surface area contributed by atoms with Gasteiger partial charge in [0.05, 0.1) is 48.8 Å². The molecular weight excluding hydrogens is 456 g/mol. The van der Waals surface area contributed by atoms with Crippen molar-refractivity contribution in [3.05, 3.63) is 62.1 Å². The van der Waals surface area contributed by atoms with E-state index >= 15 is 0 Å². The van der Waals surface area contributed by atoms with Gasteiger partial charge in [0.2, 0.25) is 0 Å². The molecule has 5 rings (SSSR count). The molecule has 0 amide bonds. The lowest BCUT2D eigenvalue weighted by Crippen LogP contribution is -2.27. The van der Waals surface area contributed by atoms with Crippen LogP contribution in [0.5, 0.6) is 5.75 Å². The molecule has 0 saturated carbocycles. The summed E-state index contributed by atoms with van der Waals surface area (Å²) in [6.07, 6.45) is 1.03. The van der Waals surface area contributed by atoms with E-state index in [0.717, 1.165) is 64.8 Å². The molecule has 0 bridgehead atoms. The van der Waals surface area contributed by atoms with E-state index in [0.29, 0.717) is 18.2 Å². The lowest BCUT2D eigenvalue weighted by Gasteiger charge is -2.26. The first kappa shape index (κ1) is 22.2. The average Bonchev–Trinajstić information content (AvgIpc) is 3.50. The van der Waals surface area contributed by atoms with Crippen molar-refractivity contribution < 1.29 is 9.47 Å². The van der Waals surface area contributed by atoms with Gasteiger partial charge in [0.1, 0.15) is 11.6 Å². The van der Waals surface area contributed by atoms with Crippen LogP contribution in [0.4, 0.5) is 5.82 Å². The number of thiophene rings is 1. The minimum absolute atomic E-state index is 0.511. The van der Waals surface area contributed by atoms with Gasteiger partial charge in [0.25, 0.3) is 0 Å². The molecule has 4 heterocycles. The molecule has 3 aromatic heterocycles. The van der Waals surface area contributed by atoms with Gasteiger partial charge in [-0.05, 0) is 50.6 Å². The predicted molar refractivity (Wildman–Crippen MR) is 134 cm³/mol. The van der Waals surface area contributed by atoms with Crippen molar-refractivity contribution >= 4 is 34.4 Å². The molecule has 0 radical (unpaired) electrons. The van der Waals surface area contributed by atoms with Gasteiger partial charge < -0.3 is 14.4 Å². The summed E-state index contributed by atoms with van der Waals surface area (Å²) >= 11 is 8.51. The first-order valence-electron chi connectivity index (χ1n) is 11.1. The summed E-state index contributed by atoms with van der Waals surface area (Å²) in [5.74, 6) is 1.79. The van der Waals surface area contributed by atoms with Gasteiger partial charge >= 0.3 is 0 Å². The first-order chi connectivity index (χ1) is 16.0. The Morgan fingerprint density at radius 1 is 1.21 bits per heavy atom. The number of fused-ring (bicyclic) bond motifs is 2. The minimum atomic E-state index is 0.511. The molecule has 1 aromatic carbocycles. The summed E-state index contributed by atoms with van der Waals surface area (Å²) in [7, 11) is 1.64. The van der Waals surface area contributed by atoms with E-state index < -0.39 is 0 Å². The van der Waals surface area contributed by atoms with Gasteiger partial charge in [-0.1, -0.05) is 18.5 Å². The van der Waals surface area contributed by atoms with Crippen molar-refractivity contribution in [3.63, 3.8) is 0 Å². The van der Waals surface area contributed by atoms with E-state index in [1.807, 2.05) is 41.0 Å². The number of methoxy groups -OCH3 is 1. The van der Waals surface area contributed by atoms with E-state index in [1.54, 1.807) is 7.11 Å². The number of hydrogen-bond acceptors (Lipinski definition) is 6. The Labute approximate surface area is 202 Å². The number of aryl methyl sites for hydroxylation is 2. The molecule has 0 atom stereocenters. The second kappa shape index (κ2) is 8.97. The molecule has 1 aliphatic heterocycles. The Balaban J connectivity index is 1.71. The van der Waals surface area contributed by atoms with Gasteiger partial charge in [-0.3, -0.25) is 0 Å². The lowest BCUT2D eigenvalue weighted by atomic mass is 10.1. The molecule has 33 heavy (non-hydrogen) atoms. The summed E-state index contributed by atoms with van der Waals surface area (Å²) in [4.78, 5) is 10.1. The summed E-state index contributed by atoms with van der Waals surface area (Å²) in [5, 5.41) is 5.59. The van der Waals surface area contributed by atoms with Crippen LogP contribution in [-0.2, 0) is 24.5 Å². The normalized spacial score (nSPS) is 13.0. The number of anilines is 1. The SMILES string of the molecule is CCCN(Cc1ccc(C)s1)c1c2c(nc3c(-c4ccc(OC)cc4Cl)c(C)nn13)COC2. The molecule has 1 aliphatic rings. The minimum Gasteiger partial charge on any atom is -0.497 e. The second-order valence-corrected chi connectivity index (χ2v) is 10.1. The molecule has 8 heteroatoms. The van der Waals surface area contributed by atoms with Gasteiger partial charge in [-0.2, -0.15) is 9.61 Å². The van der Waals surface area contributed by atoms with Gasteiger partial charge in [0.15, 0.2) is 5.65 Å². The van der Waals surface area contributed by atoms with Gasteiger partial charge in [-0.25, -0.2) is 4.98 Å². The van der Waals surface area contributed by atoms with Crippen molar-refractivity contribution in [2.45, 2.75) is 47.0 Å². The highest BCUT2D eigenvalue weighted by atomic mass is 35.5. The fourth-order valence-corrected chi connectivity index (χ4v) is 5.66. The Morgan fingerprint density at radius 3 is 2.76 bits per heavy atom. The molecule has 0 saturated heterocycles. The van der Waals surface area contributed by atoms with Crippen LogP contribution in [0.25, 0.3) is 16.8 Å². The van der Waals surface area contributed by atoms with Crippen molar-refractivity contribution in [3.8, 4) is 16.9 Å². The van der Waals surface area contributed by atoms with E-state index in [2.05, 4.69) is 30.9 Å². The smallest absolute Gasteiger partial charge is 0.165 e. The molecule has 4 aromatic rings. The number of hydrogen-bond donors (Lipinski definition) is 0. The third kappa shape index (κ3) is 3.98. The Morgan fingerprint density at radius 2 is 2.06 bits per heavy atom. The first-order valence-corrected chi connectivity index (χ1v) is 12.3. The van der Waals surface area contributed by atoms with Crippen LogP contribution in [0, 0.1) is 13.8 Å². The summed E-state index contributed by atoms with van der Waals surface area (Å²) in [5.41, 5.74) is 5.65. The maximum atomic E-state index is 6.67. The van der Waals surface area contributed by atoms with Crippen LogP contribution in [0.1, 0.15) is 40.1 Å². The van der Waals surface area contributed by atoms with Crippen molar-refractivity contribution in [1.29, 1.82) is 0 Å². The maximum Gasteiger partial charge on any atom is 0.165 e. The molecule has 0 aliphatic carbocycles. The Kier molecular flexibility index (Phi) is 6.03. The molecule has 0 unspecified atom stereocenters. The van der Waals surface area contributed by atoms with Crippen molar-refractivity contribution in [2.24, 2.45) is 0 Å². The highest BCUT2D eigenvalue weighted by Crippen LogP contribution is 2.39. The highest BCUT2D eigenvalue weighted by Gasteiger charge is 2.28. The summed E-state index contributed by atoms with van der Waals surface area (Å²) in [6.45, 7) is 9.18. The average molecular weight is 483 g/mol. The fourth-order valence-electron chi connectivity index (χ4n) is 4.49. The van der Waals surface area contributed by atoms with Crippen molar-refractivity contribution in [1.82, 2.24) is 14.6 Å². The number of rotatable bonds is 7. The zero-order valence-electron chi connectivity index (χ0n) is 19.3. The molecule has 0 fully saturated rings. The van der Waals surface area contributed by atoms with Gasteiger partial charge in [0, 0.05) is 27.4 Å². The number of benzene rings is 1. The van der Waals surface area contributed by atoms with Crippen LogP contribution >= 0.6 is 22.9 Å². The standard InChI is InChI=1S/C25H27ClN4O2S/c1-5-10-29(12-18-8-6-15(2)33-18)25-20-13-32-14-22(20)27-24-23(16(3)28-30(24)25)19-9-7-17(31-4)11-21(19)26/h6-9,11H,5,10,12-14H2,1-4H3. The van der Waals surface area contributed by atoms with E-state index in [-0.39, 0.29) is 0 Å². The van der Waals surface area contributed by atoms with E-state index in [4.69, 9.17) is 31.2 Å². The topological polar surface area (TPSA) is 51.9 Å². The molecule has 6 nitrogen and oxygen atoms in total. The molecule has 0 N–H and O–H groups in total. The number of aromatic nitrogens is 3. The summed E-state index contributed by atoms with van der Waals surface area (Å²) < 4.78 is 13.2. The molecule has 172 valence electrons. The third-order valence-electron chi connectivity index (χ3n) is 5.96. The van der Waals surface area contributed by atoms with E-state index in [9.17, 15) is 0 Å². The highest BCUT2D eigenvalue weighted by molar-refractivity contribution is 7.11. The van der Waals surface area contributed by atoms with Crippen LogP contribution < -0.4 is 9.64 Å². The maximum absolute atomic E-state index is 6.67. The van der Waals surface area contributed by atoms with Gasteiger partial charge in [-0.15, -0.1) is 11.3 Å². The largest absolute Gasteiger partial charge is 0.497 e. The third-order valence-corrected chi connectivity index (χ3v) is 7.26. The molecular formula is C25H27ClN4O2S. The Hall–Kier alpha value is -2.61. The van der Waals surface area contributed by atoms with Crippen molar-refractivity contribution in [2.75, 3.05) is 18.6 Å². The number of ether oxygens (including phenoxy) is 2. The van der Waals surface area contributed by atoms with E-state index in [1.165, 1.54) is 9.75 Å². The zero-order chi connectivity index (χ0) is 23.1. The van der Waals surface area contributed by atoms with Crippen LogP contribution in [0.2, 0.25) is 5.02 Å². The molecule has 0 spiro atoms. The Bertz CT molecular complexity index is 1330. The number of nitrogens with zero attached hydrogens (tertiary/aromatic N) is 4. The zero-order valence-corrected chi connectivity index (χ0v) is 20.9. The lowest BCUT2D eigenvalue weighted by molar-refractivity contribution is 0.133. The quantitative estimate of drug-likeness (QED) is 0.314. The predicted octanol–water partition coefficient (Wildman–Crippen LogP) is 6.18. The second-order valence-electron chi connectivity index (χ2n) is 8.33. The van der Waals surface area contributed by atoms with Crippen LogP contribution in [0.3, 0.4) is 0 Å². The number of halogens is 1. The fraction of sp³-hybridized carbons (Fsp3) is 0.360. The monoisotopic (exact) mass is 482 g/mol. The summed E-state index contributed by atoms with van der Waals surface area (Å²) in [6, 6.07) is 10.1. The van der Waals surface area contributed by atoms with Crippen LogP contribution in [0.15, 0.2) is 30.3 Å². The van der Waals surface area contributed by atoms with Crippen LogP contribution in [-0.4, -0.2) is 28.3 Å².